The third-order valence-corrected chi connectivity index (χ3v) is 4.65. The molecule has 0 bridgehead atoms. The van der Waals surface area contributed by atoms with Crippen molar-refractivity contribution in [1.29, 1.82) is 5.26 Å². The molecule has 0 saturated carbocycles. The Labute approximate surface area is 157 Å². The van der Waals surface area contributed by atoms with Crippen molar-refractivity contribution in [3.63, 3.8) is 0 Å². The summed E-state index contributed by atoms with van der Waals surface area (Å²) in [4.78, 5) is 16.7. The van der Waals surface area contributed by atoms with Crippen LogP contribution in [0.15, 0.2) is 36.7 Å². The van der Waals surface area contributed by atoms with Crippen LogP contribution in [0.5, 0.6) is 5.75 Å². The smallest absolute Gasteiger partial charge is 0.245 e. The van der Waals surface area contributed by atoms with Crippen molar-refractivity contribution < 1.29 is 9.53 Å². The molecule has 2 aromatic heterocycles. The lowest BCUT2D eigenvalue weighted by Gasteiger charge is -2.14. The van der Waals surface area contributed by atoms with Gasteiger partial charge in [-0.2, -0.15) is 5.26 Å². The van der Waals surface area contributed by atoms with Crippen LogP contribution in [0.2, 0.25) is 0 Å². The van der Waals surface area contributed by atoms with Crippen molar-refractivity contribution in [2.24, 2.45) is 0 Å². The number of methoxy groups -OCH3 is 1. The van der Waals surface area contributed by atoms with Crippen molar-refractivity contribution in [2.45, 2.75) is 27.3 Å². The Kier molecular flexibility index (Phi) is 4.99. The van der Waals surface area contributed by atoms with E-state index in [9.17, 15) is 10.1 Å². The van der Waals surface area contributed by atoms with Crippen LogP contribution in [-0.2, 0) is 11.3 Å². The number of amides is 1. The van der Waals surface area contributed by atoms with Crippen LogP contribution in [-0.4, -0.2) is 27.1 Å². The Balaban J connectivity index is 2.00. The minimum Gasteiger partial charge on any atom is -0.497 e. The summed E-state index contributed by atoms with van der Waals surface area (Å²) in [5.74, 6) is 1.74. The molecule has 1 amide bonds. The molecule has 1 N–H and O–H groups in total. The standard InChI is InChI=1S/C20H21N5O2/c1-13-14(2)25(16-5-7-17(27-4)8-6-16)20(18(13)11-21)23-19(26)12-24-10-9-22-15(24)3/h5-10H,12H2,1-4H3,(H,23,26). The Hall–Kier alpha value is -3.53. The number of carbonyl (C=O) groups is 1. The SMILES string of the molecule is COc1ccc(-n2c(C)c(C)c(C#N)c2NC(=O)Cn2ccnc2C)cc1. The van der Waals surface area contributed by atoms with Gasteiger partial charge >= 0.3 is 0 Å². The van der Waals surface area contributed by atoms with Crippen molar-refractivity contribution in [2.75, 3.05) is 12.4 Å². The maximum Gasteiger partial charge on any atom is 0.245 e. The van der Waals surface area contributed by atoms with Gasteiger partial charge < -0.3 is 14.6 Å². The summed E-state index contributed by atoms with van der Waals surface area (Å²) in [5.41, 5.74) is 3.03. The fraction of sp³-hybridized carbons (Fsp3) is 0.250. The number of nitrogens with one attached hydrogen (secondary N) is 1. The molecule has 0 aliphatic heterocycles. The molecule has 0 saturated heterocycles. The van der Waals surface area contributed by atoms with Gasteiger partial charge in [0.05, 0.1) is 12.7 Å². The van der Waals surface area contributed by atoms with Crippen LogP contribution >= 0.6 is 0 Å². The van der Waals surface area contributed by atoms with Crippen LogP contribution in [0.3, 0.4) is 0 Å². The molecule has 3 aromatic rings. The predicted molar refractivity (Wildman–Crippen MR) is 102 cm³/mol. The molecule has 0 fully saturated rings. The van der Waals surface area contributed by atoms with E-state index in [-0.39, 0.29) is 12.5 Å². The van der Waals surface area contributed by atoms with E-state index in [1.165, 1.54) is 0 Å². The number of ether oxygens (including phenoxy) is 1. The van der Waals surface area contributed by atoms with E-state index in [4.69, 9.17) is 4.74 Å². The maximum atomic E-state index is 12.6. The van der Waals surface area contributed by atoms with Gasteiger partial charge in [-0.3, -0.25) is 9.36 Å². The highest BCUT2D eigenvalue weighted by Gasteiger charge is 2.21. The lowest BCUT2D eigenvalue weighted by atomic mass is 10.2. The van der Waals surface area contributed by atoms with E-state index in [1.807, 2.05) is 49.6 Å². The van der Waals surface area contributed by atoms with Crippen LogP contribution in [0.25, 0.3) is 5.69 Å². The second-order valence-corrected chi connectivity index (χ2v) is 6.23. The summed E-state index contributed by atoms with van der Waals surface area (Å²) < 4.78 is 8.84. The topological polar surface area (TPSA) is 84.9 Å². The second-order valence-electron chi connectivity index (χ2n) is 6.23. The summed E-state index contributed by atoms with van der Waals surface area (Å²) in [5, 5.41) is 12.5. The summed E-state index contributed by atoms with van der Waals surface area (Å²) >= 11 is 0. The predicted octanol–water partition coefficient (Wildman–Crippen LogP) is 3.12. The molecular formula is C20H21N5O2. The first-order valence-electron chi connectivity index (χ1n) is 8.50. The average Bonchev–Trinajstić information content (AvgIpc) is 3.16. The molecule has 7 nitrogen and oxygen atoms in total. The van der Waals surface area contributed by atoms with Gasteiger partial charge in [0.25, 0.3) is 0 Å². The van der Waals surface area contributed by atoms with E-state index in [2.05, 4.69) is 16.4 Å². The van der Waals surface area contributed by atoms with Crippen LogP contribution in [0.1, 0.15) is 22.6 Å². The molecule has 2 heterocycles. The largest absolute Gasteiger partial charge is 0.497 e. The Morgan fingerprint density at radius 3 is 2.52 bits per heavy atom. The first-order valence-corrected chi connectivity index (χ1v) is 8.50. The van der Waals surface area contributed by atoms with Gasteiger partial charge in [0.15, 0.2) is 0 Å². The molecule has 0 atom stereocenters. The number of nitrogens with zero attached hydrogens (tertiary/aromatic N) is 4. The number of aromatic nitrogens is 3. The van der Waals surface area contributed by atoms with E-state index >= 15 is 0 Å². The highest BCUT2D eigenvalue weighted by molar-refractivity contribution is 5.92. The van der Waals surface area contributed by atoms with E-state index in [0.29, 0.717) is 11.4 Å². The van der Waals surface area contributed by atoms with Gasteiger partial charge in [0, 0.05) is 23.8 Å². The van der Waals surface area contributed by atoms with Crippen molar-refractivity contribution in [3.05, 3.63) is 59.3 Å². The molecule has 7 heteroatoms. The number of benzene rings is 1. The van der Waals surface area contributed by atoms with Gasteiger partial charge in [0.2, 0.25) is 5.91 Å². The fourth-order valence-electron chi connectivity index (χ4n) is 3.01. The average molecular weight is 363 g/mol. The Bertz CT molecular complexity index is 1020. The number of rotatable bonds is 5. The van der Waals surface area contributed by atoms with Crippen molar-refractivity contribution >= 4 is 11.7 Å². The zero-order valence-corrected chi connectivity index (χ0v) is 15.8. The summed E-state index contributed by atoms with van der Waals surface area (Å²) in [6.45, 7) is 5.77. The molecule has 0 spiro atoms. The maximum absolute atomic E-state index is 12.6. The quantitative estimate of drug-likeness (QED) is 0.755. The molecule has 0 unspecified atom stereocenters. The number of aryl methyl sites for hydroxylation is 1. The molecule has 1 aromatic carbocycles. The highest BCUT2D eigenvalue weighted by atomic mass is 16.5. The zero-order valence-electron chi connectivity index (χ0n) is 15.8. The molecule has 0 aliphatic rings. The third-order valence-electron chi connectivity index (χ3n) is 4.65. The number of anilines is 1. The Morgan fingerprint density at radius 2 is 1.96 bits per heavy atom. The van der Waals surface area contributed by atoms with E-state index in [0.717, 1.165) is 28.5 Å². The summed E-state index contributed by atoms with van der Waals surface area (Å²) in [6.07, 6.45) is 3.40. The zero-order chi connectivity index (χ0) is 19.6. The second kappa shape index (κ2) is 7.38. The van der Waals surface area contributed by atoms with Gasteiger partial charge in [-0.1, -0.05) is 0 Å². The Morgan fingerprint density at radius 1 is 1.26 bits per heavy atom. The highest BCUT2D eigenvalue weighted by Crippen LogP contribution is 2.30. The summed E-state index contributed by atoms with van der Waals surface area (Å²) in [6, 6.07) is 9.68. The number of hydrogen-bond donors (Lipinski definition) is 1. The van der Waals surface area contributed by atoms with Gasteiger partial charge in [-0.25, -0.2) is 4.98 Å². The number of nitriles is 1. The van der Waals surface area contributed by atoms with Gasteiger partial charge in [-0.15, -0.1) is 0 Å². The fourth-order valence-corrected chi connectivity index (χ4v) is 3.01. The van der Waals surface area contributed by atoms with E-state index in [1.54, 1.807) is 24.1 Å². The molecule has 3 rings (SSSR count). The molecular weight excluding hydrogens is 342 g/mol. The number of hydrogen-bond acceptors (Lipinski definition) is 4. The lowest BCUT2D eigenvalue weighted by Crippen LogP contribution is -2.21. The first-order chi connectivity index (χ1) is 13.0. The molecule has 0 aliphatic carbocycles. The molecule has 27 heavy (non-hydrogen) atoms. The number of carbonyl (C=O) groups excluding carboxylic acids is 1. The molecule has 138 valence electrons. The lowest BCUT2D eigenvalue weighted by molar-refractivity contribution is -0.116. The van der Waals surface area contributed by atoms with Crippen LogP contribution < -0.4 is 10.1 Å². The first kappa shape index (κ1) is 18.3. The van der Waals surface area contributed by atoms with Gasteiger partial charge in [0.1, 0.15) is 30.0 Å². The normalized spacial score (nSPS) is 10.5. The van der Waals surface area contributed by atoms with E-state index < -0.39 is 0 Å². The monoisotopic (exact) mass is 363 g/mol. The summed E-state index contributed by atoms with van der Waals surface area (Å²) in [7, 11) is 1.61. The number of imidazole rings is 1. The van der Waals surface area contributed by atoms with Crippen molar-refractivity contribution in [1.82, 2.24) is 14.1 Å². The molecule has 0 radical (unpaired) electrons. The van der Waals surface area contributed by atoms with Gasteiger partial charge in [-0.05, 0) is 50.6 Å². The van der Waals surface area contributed by atoms with Crippen LogP contribution in [0.4, 0.5) is 5.82 Å². The van der Waals surface area contributed by atoms with Crippen LogP contribution in [0, 0.1) is 32.1 Å². The minimum atomic E-state index is -0.222. The third kappa shape index (κ3) is 3.42. The minimum absolute atomic E-state index is 0.128. The van der Waals surface area contributed by atoms with Crippen molar-refractivity contribution in [3.8, 4) is 17.5 Å².